The molecule has 0 aromatic heterocycles. The summed E-state index contributed by atoms with van der Waals surface area (Å²) in [5.41, 5.74) is 0.0332. The van der Waals surface area contributed by atoms with E-state index in [4.69, 9.17) is 4.74 Å². The van der Waals surface area contributed by atoms with E-state index in [2.05, 4.69) is 10.6 Å². The Morgan fingerprint density at radius 3 is 1.97 bits per heavy atom. The molecule has 2 N–H and O–H groups in total. The molecule has 3 aromatic rings. The number of rotatable bonds is 5. The fourth-order valence-corrected chi connectivity index (χ4v) is 2.73. The predicted molar refractivity (Wildman–Crippen MR) is 107 cm³/mol. The Balaban J connectivity index is 1.79. The summed E-state index contributed by atoms with van der Waals surface area (Å²) in [5.74, 6) is -0.652. The lowest BCUT2D eigenvalue weighted by Gasteiger charge is -2.13. The van der Waals surface area contributed by atoms with Crippen molar-refractivity contribution >= 4 is 23.2 Å². The fourth-order valence-electron chi connectivity index (χ4n) is 2.73. The van der Waals surface area contributed by atoms with Crippen molar-refractivity contribution in [1.82, 2.24) is 0 Å². The van der Waals surface area contributed by atoms with Gasteiger partial charge in [0.1, 0.15) is 5.75 Å². The van der Waals surface area contributed by atoms with Crippen LogP contribution in [0.4, 0.5) is 24.5 Å². The molecule has 0 saturated heterocycles. The molecule has 0 atom stereocenters. The van der Waals surface area contributed by atoms with Crippen molar-refractivity contribution in [1.29, 1.82) is 0 Å². The van der Waals surface area contributed by atoms with E-state index in [1.165, 1.54) is 19.2 Å². The van der Waals surface area contributed by atoms with Crippen molar-refractivity contribution < 1.29 is 27.5 Å². The second kappa shape index (κ2) is 8.69. The lowest BCUT2D eigenvalue weighted by Crippen LogP contribution is -2.18. The molecule has 154 valence electrons. The van der Waals surface area contributed by atoms with Gasteiger partial charge in [0.05, 0.1) is 29.6 Å². The number of anilines is 2. The molecule has 0 aliphatic carbocycles. The second-order valence-corrected chi connectivity index (χ2v) is 6.23. The Kier molecular flexibility index (Phi) is 6.06. The van der Waals surface area contributed by atoms with Gasteiger partial charge in [0.15, 0.2) is 0 Å². The zero-order chi connectivity index (χ0) is 21.7. The number of halogens is 3. The van der Waals surface area contributed by atoms with Crippen molar-refractivity contribution in [3.05, 3.63) is 89.5 Å². The number of carbonyl (C=O) groups excluding carboxylic acids is 2. The Labute approximate surface area is 170 Å². The maximum atomic E-state index is 12.7. The summed E-state index contributed by atoms with van der Waals surface area (Å²) in [4.78, 5) is 25.2. The first-order valence-corrected chi connectivity index (χ1v) is 8.81. The number of alkyl halides is 3. The highest BCUT2D eigenvalue weighted by Gasteiger charge is 2.30. The lowest BCUT2D eigenvalue weighted by molar-refractivity contribution is -0.137. The molecule has 0 aliphatic rings. The van der Waals surface area contributed by atoms with E-state index in [1.807, 2.05) is 0 Å². The van der Waals surface area contributed by atoms with Gasteiger partial charge in [-0.1, -0.05) is 24.3 Å². The molecular formula is C22H17F3N2O3. The number of carbonyl (C=O) groups is 2. The minimum atomic E-state index is -4.49. The van der Waals surface area contributed by atoms with Crippen LogP contribution in [0.25, 0.3) is 0 Å². The number of hydrogen-bond acceptors (Lipinski definition) is 3. The lowest BCUT2D eigenvalue weighted by atomic mass is 10.1. The van der Waals surface area contributed by atoms with Crippen LogP contribution >= 0.6 is 0 Å². The van der Waals surface area contributed by atoms with Crippen molar-refractivity contribution in [2.75, 3.05) is 17.7 Å². The minimum Gasteiger partial charge on any atom is -0.495 e. The summed E-state index contributed by atoms with van der Waals surface area (Å²) < 4.78 is 43.3. The zero-order valence-corrected chi connectivity index (χ0v) is 15.8. The van der Waals surface area contributed by atoms with Crippen LogP contribution in [-0.2, 0) is 6.18 Å². The van der Waals surface area contributed by atoms with E-state index in [1.54, 1.807) is 36.4 Å². The number of ether oxygens (including phenoxy) is 1. The van der Waals surface area contributed by atoms with E-state index in [0.717, 1.165) is 24.3 Å². The van der Waals surface area contributed by atoms with Gasteiger partial charge in [0.2, 0.25) is 0 Å². The van der Waals surface area contributed by atoms with E-state index in [-0.39, 0.29) is 16.8 Å². The summed E-state index contributed by atoms with van der Waals surface area (Å²) in [7, 11) is 1.48. The van der Waals surface area contributed by atoms with Crippen LogP contribution in [0.1, 0.15) is 26.3 Å². The normalized spacial score (nSPS) is 10.9. The SMILES string of the molecule is COc1ccccc1NC(=O)c1ccccc1NC(=O)c1ccc(C(F)(F)F)cc1. The number of para-hydroxylation sites is 3. The van der Waals surface area contributed by atoms with Gasteiger partial charge in [-0.3, -0.25) is 9.59 Å². The van der Waals surface area contributed by atoms with Gasteiger partial charge in [-0.2, -0.15) is 13.2 Å². The fraction of sp³-hybridized carbons (Fsp3) is 0.0909. The van der Waals surface area contributed by atoms with Crippen LogP contribution in [-0.4, -0.2) is 18.9 Å². The van der Waals surface area contributed by atoms with Gasteiger partial charge in [0.25, 0.3) is 11.8 Å². The van der Waals surface area contributed by atoms with Crippen LogP contribution in [0.2, 0.25) is 0 Å². The van der Waals surface area contributed by atoms with Gasteiger partial charge in [0, 0.05) is 5.56 Å². The highest BCUT2D eigenvalue weighted by molar-refractivity contribution is 6.12. The van der Waals surface area contributed by atoms with E-state index >= 15 is 0 Å². The molecule has 5 nitrogen and oxygen atoms in total. The summed E-state index contributed by atoms with van der Waals surface area (Å²) in [6.07, 6.45) is -4.49. The van der Waals surface area contributed by atoms with Crippen molar-refractivity contribution in [2.45, 2.75) is 6.18 Å². The number of hydrogen-bond donors (Lipinski definition) is 2. The Morgan fingerprint density at radius 2 is 1.33 bits per heavy atom. The smallest absolute Gasteiger partial charge is 0.416 e. The molecule has 0 spiro atoms. The van der Waals surface area contributed by atoms with Crippen LogP contribution in [0, 0.1) is 0 Å². The quantitative estimate of drug-likeness (QED) is 0.602. The monoisotopic (exact) mass is 414 g/mol. The number of nitrogens with one attached hydrogen (secondary N) is 2. The molecule has 30 heavy (non-hydrogen) atoms. The van der Waals surface area contributed by atoms with Crippen molar-refractivity contribution in [3.63, 3.8) is 0 Å². The molecule has 0 bridgehead atoms. The standard InChI is InChI=1S/C22H17F3N2O3/c1-30-19-9-5-4-8-18(19)27-21(29)16-6-2-3-7-17(16)26-20(28)14-10-12-15(13-11-14)22(23,24)25/h2-13H,1H3,(H,26,28)(H,27,29). The molecule has 8 heteroatoms. The zero-order valence-electron chi connectivity index (χ0n) is 15.8. The number of amides is 2. The molecule has 2 amide bonds. The Bertz CT molecular complexity index is 1060. The van der Waals surface area contributed by atoms with Gasteiger partial charge in [-0.15, -0.1) is 0 Å². The first-order valence-electron chi connectivity index (χ1n) is 8.81. The largest absolute Gasteiger partial charge is 0.495 e. The van der Waals surface area contributed by atoms with Crippen LogP contribution < -0.4 is 15.4 Å². The van der Waals surface area contributed by atoms with Crippen LogP contribution in [0.3, 0.4) is 0 Å². The van der Waals surface area contributed by atoms with Crippen LogP contribution in [0.15, 0.2) is 72.8 Å². The van der Waals surface area contributed by atoms with E-state index in [0.29, 0.717) is 11.4 Å². The third-order valence-electron chi connectivity index (χ3n) is 4.25. The summed E-state index contributed by atoms with van der Waals surface area (Å²) in [6.45, 7) is 0. The Hall–Kier alpha value is -3.81. The minimum absolute atomic E-state index is 0.0305. The van der Waals surface area contributed by atoms with Gasteiger partial charge < -0.3 is 15.4 Å². The van der Waals surface area contributed by atoms with E-state index < -0.39 is 23.6 Å². The molecule has 0 aliphatic heterocycles. The van der Waals surface area contributed by atoms with Gasteiger partial charge in [-0.05, 0) is 48.5 Å². The van der Waals surface area contributed by atoms with Gasteiger partial charge >= 0.3 is 6.18 Å². The Morgan fingerprint density at radius 1 is 0.767 bits per heavy atom. The molecule has 3 aromatic carbocycles. The maximum absolute atomic E-state index is 12.7. The molecule has 0 unspecified atom stereocenters. The topological polar surface area (TPSA) is 67.4 Å². The molecule has 0 radical (unpaired) electrons. The summed E-state index contributed by atoms with van der Waals surface area (Å²) in [5, 5.41) is 5.28. The number of methoxy groups -OCH3 is 1. The molecular weight excluding hydrogens is 397 g/mol. The third-order valence-corrected chi connectivity index (χ3v) is 4.25. The van der Waals surface area contributed by atoms with Crippen molar-refractivity contribution in [3.8, 4) is 5.75 Å². The number of benzene rings is 3. The van der Waals surface area contributed by atoms with Crippen molar-refractivity contribution in [2.24, 2.45) is 0 Å². The van der Waals surface area contributed by atoms with Crippen LogP contribution in [0.5, 0.6) is 5.75 Å². The second-order valence-electron chi connectivity index (χ2n) is 6.23. The van der Waals surface area contributed by atoms with E-state index in [9.17, 15) is 22.8 Å². The molecule has 3 rings (SSSR count). The average Bonchev–Trinajstić information content (AvgIpc) is 2.74. The average molecular weight is 414 g/mol. The molecule has 0 fully saturated rings. The first-order chi connectivity index (χ1) is 14.3. The molecule has 0 heterocycles. The summed E-state index contributed by atoms with van der Waals surface area (Å²) >= 11 is 0. The first kappa shape index (κ1) is 20.9. The third kappa shape index (κ3) is 4.78. The maximum Gasteiger partial charge on any atom is 0.416 e. The predicted octanol–water partition coefficient (Wildman–Crippen LogP) is 5.22. The summed E-state index contributed by atoms with van der Waals surface area (Å²) in [6, 6.07) is 17.0. The molecule has 0 saturated carbocycles. The highest BCUT2D eigenvalue weighted by atomic mass is 19.4. The highest BCUT2D eigenvalue weighted by Crippen LogP contribution is 2.29. The van der Waals surface area contributed by atoms with Gasteiger partial charge in [-0.25, -0.2) is 0 Å².